The van der Waals surface area contributed by atoms with E-state index >= 15 is 0 Å². The number of rotatable bonds is 13. The minimum absolute atomic E-state index is 0.0270. The van der Waals surface area contributed by atoms with E-state index < -0.39 is 17.5 Å². The molecule has 4 heterocycles. The van der Waals surface area contributed by atoms with Crippen LogP contribution >= 0.6 is 23.5 Å². The normalized spacial score (nSPS) is 21.3. The maximum atomic E-state index is 13.1. The van der Waals surface area contributed by atoms with Crippen molar-refractivity contribution in [3.05, 3.63) is 45.7 Å². The lowest BCUT2D eigenvalue weighted by Gasteiger charge is -2.27. The minimum atomic E-state index is -4.22. The van der Waals surface area contributed by atoms with Crippen molar-refractivity contribution >= 4 is 41.7 Å². The van der Waals surface area contributed by atoms with E-state index in [1.165, 1.54) is 16.8 Å². The van der Waals surface area contributed by atoms with Gasteiger partial charge in [-0.2, -0.15) is 13.2 Å². The highest BCUT2D eigenvalue weighted by Crippen LogP contribution is 2.59. The number of pyridine rings is 1. The van der Waals surface area contributed by atoms with Gasteiger partial charge in [0.15, 0.2) is 5.82 Å². The number of hydrogen-bond donors (Lipinski definition) is 2. The van der Waals surface area contributed by atoms with E-state index in [9.17, 15) is 22.8 Å². The number of carbonyl (C=O) groups excluding carboxylic acids is 2. The number of aromatic nitrogens is 3. The number of alkyl halides is 3. The molecule has 2 aromatic rings. The molecule has 0 bridgehead atoms. The Morgan fingerprint density at radius 3 is 2.74 bits per heavy atom. The van der Waals surface area contributed by atoms with Crippen molar-refractivity contribution in [2.75, 3.05) is 19.7 Å². The second-order valence-electron chi connectivity index (χ2n) is 12.9. The summed E-state index contributed by atoms with van der Waals surface area (Å²) < 4.78 is 49.0. The van der Waals surface area contributed by atoms with Crippen molar-refractivity contribution in [2.45, 2.75) is 83.9 Å². The molecule has 2 amide bonds. The summed E-state index contributed by atoms with van der Waals surface area (Å²) in [5.74, 6) is 1.44. The van der Waals surface area contributed by atoms with Crippen LogP contribution in [-0.4, -0.2) is 69.2 Å². The van der Waals surface area contributed by atoms with Crippen LogP contribution in [0.4, 0.5) is 13.2 Å². The Labute approximate surface area is 275 Å². The van der Waals surface area contributed by atoms with Gasteiger partial charge in [-0.25, -0.2) is 9.67 Å². The molecule has 0 radical (unpaired) electrons. The number of halogens is 4. The largest absolute Gasteiger partial charge is 0.477 e. The van der Waals surface area contributed by atoms with Crippen molar-refractivity contribution in [3.63, 3.8) is 0 Å². The summed E-state index contributed by atoms with van der Waals surface area (Å²) in [7, 11) is 0. The zero-order valence-electron chi connectivity index (χ0n) is 26.1. The van der Waals surface area contributed by atoms with Crippen molar-refractivity contribution in [1.29, 1.82) is 0 Å². The molecule has 1 saturated carbocycles. The highest BCUT2D eigenvalue weighted by molar-refractivity contribution is 8.01. The van der Waals surface area contributed by atoms with Gasteiger partial charge < -0.3 is 15.0 Å². The molecular weight excluding hydrogens is 643 g/mol. The summed E-state index contributed by atoms with van der Waals surface area (Å²) in [4.78, 5) is 35.2. The average Bonchev–Trinajstić information content (AvgIpc) is 3.56. The summed E-state index contributed by atoms with van der Waals surface area (Å²) in [5.41, 5.74) is -0.439. The van der Waals surface area contributed by atoms with Crippen LogP contribution in [0.1, 0.15) is 82.5 Å². The first-order valence-corrected chi connectivity index (χ1v) is 16.6. The molecule has 15 heteroatoms. The number of ether oxygens (including phenoxy) is 1. The maximum Gasteiger partial charge on any atom is 0.394 e. The summed E-state index contributed by atoms with van der Waals surface area (Å²) >= 11 is 7.52. The van der Waals surface area contributed by atoms with E-state index in [1.807, 2.05) is 11.8 Å². The van der Waals surface area contributed by atoms with E-state index in [1.54, 1.807) is 12.3 Å². The van der Waals surface area contributed by atoms with Gasteiger partial charge in [0.05, 0.1) is 22.6 Å². The number of allylic oxidation sites excluding steroid dienone is 1. The predicted octanol–water partition coefficient (Wildman–Crippen LogP) is 6.46. The van der Waals surface area contributed by atoms with E-state index in [-0.39, 0.29) is 48.0 Å². The molecule has 1 unspecified atom stereocenters. The first-order chi connectivity index (χ1) is 21.8. The summed E-state index contributed by atoms with van der Waals surface area (Å²) in [6, 6.07) is 4.64. The second-order valence-corrected chi connectivity index (χ2v) is 14.0. The fourth-order valence-electron chi connectivity index (χ4n) is 5.90. The van der Waals surface area contributed by atoms with Crippen molar-refractivity contribution < 1.29 is 27.5 Å². The number of nitrogens with one attached hydrogen (secondary N) is 2. The molecule has 2 N–H and O–H groups in total. The van der Waals surface area contributed by atoms with Crippen LogP contribution in [-0.2, 0) is 4.79 Å². The molecule has 10 nitrogen and oxygen atoms in total. The van der Waals surface area contributed by atoms with Gasteiger partial charge in [-0.1, -0.05) is 11.6 Å². The summed E-state index contributed by atoms with van der Waals surface area (Å²) in [5, 5.41) is 8.34. The molecular formula is C31H39ClF3N7O3S. The molecule has 0 aromatic carbocycles. The molecule has 1 saturated heterocycles. The Hall–Kier alpha value is -3.26. The second kappa shape index (κ2) is 13.8. The molecule has 2 aliphatic heterocycles. The van der Waals surface area contributed by atoms with E-state index in [0.717, 1.165) is 73.4 Å². The molecule has 1 aliphatic carbocycles. The van der Waals surface area contributed by atoms with Crippen LogP contribution in [0.5, 0.6) is 5.88 Å². The Morgan fingerprint density at radius 2 is 2.07 bits per heavy atom. The smallest absolute Gasteiger partial charge is 0.394 e. The van der Waals surface area contributed by atoms with Crippen LogP contribution < -0.4 is 14.8 Å². The SMILES string of the molecule is CC1=C(SNC(=O)c2ccc(-n3ccc(OCCC4(C(F)(F)F)CC4)n3)nc2Cl)NC(=NCCCC2CN(C=O)C(C)(C)C2)CC1. The Morgan fingerprint density at radius 1 is 1.28 bits per heavy atom. The number of nitrogens with zero attached hydrogens (tertiary/aromatic N) is 5. The predicted molar refractivity (Wildman–Crippen MR) is 171 cm³/mol. The van der Waals surface area contributed by atoms with Crippen molar-refractivity contribution in [2.24, 2.45) is 16.3 Å². The van der Waals surface area contributed by atoms with Crippen LogP contribution in [0, 0.1) is 11.3 Å². The standard InChI is InChI=1S/C31H39ClF3N7O3S/c1-20-6-8-23(36-14-4-5-21-17-29(2,3)41(18-21)19-43)37-28(20)46-40-27(44)22-7-9-24(38-26(22)32)42-15-10-25(39-42)45-16-13-30(11-12-30)31(33,34)35/h7,9-10,15,19,21H,4-6,8,11-14,16-18H2,1-3H3,(H,36,37)(H,40,44). The Balaban J connectivity index is 1.08. The van der Waals surface area contributed by atoms with Crippen LogP contribution in [0.15, 0.2) is 40.0 Å². The van der Waals surface area contributed by atoms with Gasteiger partial charge in [-0.3, -0.25) is 19.3 Å². The van der Waals surface area contributed by atoms with Crippen molar-refractivity contribution in [1.82, 2.24) is 29.7 Å². The quantitative estimate of drug-likeness (QED) is 0.108. The van der Waals surface area contributed by atoms with Gasteiger partial charge in [0.1, 0.15) is 11.0 Å². The monoisotopic (exact) mass is 681 g/mol. The Bertz CT molecular complexity index is 1510. The van der Waals surface area contributed by atoms with Gasteiger partial charge in [0, 0.05) is 49.3 Å². The first kappa shape index (κ1) is 34.1. The Kier molecular flexibility index (Phi) is 10.3. The van der Waals surface area contributed by atoms with E-state index in [4.69, 9.17) is 21.3 Å². The molecule has 250 valence electrons. The number of amides is 2. The number of amidine groups is 1. The number of likely N-dealkylation sites (tertiary alicyclic amines) is 1. The van der Waals surface area contributed by atoms with Gasteiger partial charge in [-0.15, -0.1) is 5.10 Å². The van der Waals surface area contributed by atoms with Gasteiger partial charge >= 0.3 is 6.18 Å². The average molecular weight is 682 g/mol. The molecule has 46 heavy (non-hydrogen) atoms. The molecule has 5 rings (SSSR count). The number of hydrogen-bond acceptors (Lipinski definition) is 7. The summed E-state index contributed by atoms with van der Waals surface area (Å²) in [6.07, 6.45) is 3.01. The van der Waals surface area contributed by atoms with E-state index in [0.29, 0.717) is 18.3 Å². The highest BCUT2D eigenvalue weighted by atomic mass is 35.5. The molecule has 0 spiro atoms. The fourth-order valence-corrected chi connectivity index (χ4v) is 6.89. The lowest BCUT2D eigenvalue weighted by atomic mass is 9.93. The maximum absolute atomic E-state index is 13.1. The van der Waals surface area contributed by atoms with Gasteiger partial charge in [-0.05, 0) is 89.3 Å². The highest BCUT2D eigenvalue weighted by Gasteiger charge is 2.62. The molecule has 2 fully saturated rings. The van der Waals surface area contributed by atoms with Crippen LogP contribution in [0.25, 0.3) is 5.82 Å². The third-order valence-electron chi connectivity index (χ3n) is 9.01. The lowest BCUT2D eigenvalue weighted by Crippen LogP contribution is -2.36. The topological polar surface area (TPSA) is 114 Å². The third-order valence-corrected chi connectivity index (χ3v) is 10.2. The molecule has 2 aromatic heterocycles. The zero-order chi connectivity index (χ0) is 33.1. The zero-order valence-corrected chi connectivity index (χ0v) is 27.7. The number of carbonyl (C=O) groups is 2. The summed E-state index contributed by atoms with van der Waals surface area (Å²) in [6.45, 7) is 7.61. The fraction of sp³-hybridized carbons (Fsp3) is 0.581. The molecule has 1 atom stereocenters. The van der Waals surface area contributed by atoms with Gasteiger partial charge in [0.25, 0.3) is 5.91 Å². The van der Waals surface area contributed by atoms with Crippen LogP contribution in [0.2, 0.25) is 5.15 Å². The number of aliphatic imine (C=N–C) groups is 1. The van der Waals surface area contributed by atoms with Crippen LogP contribution in [0.3, 0.4) is 0 Å². The molecule has 3 aliphatic rings. The third kappa shape index (κ3) is 7.99. The van der Waals surface area contributed by atoms with Gasteiger partial charge in [0.2, 0.25) is 12.3 Å². The van der Waals surface area contributed by atoms with Crippen molar-refractivity contribution in [3.8, 4) is 11.7 Å². The first-order valence-electron chi connectivity index (χ1n) is 15.4. The van der Waals surface area contributed by atoms with E-state index in [2.05, 4.69) is 34.0 Å². The lowest BCUT2D eigenvalue weighted by molar-refractivity contribution is -0.190. The minimum Gasteiger partial charge on any atom is -0.477 e.